The Bertz CT molecular complexity index is 1250. The number of hydrogen-bond donors (Lipinski definition) is 3. The van der Waals surface area contributed by atoms with Crippen LogP contribution in [0.1, 0.15) is 16.8 Å². The van der Waals surface area contributed by atoms with Crippen molar-refractivity contribution < 1.29 is 17.8 Å². The van der Waals surface area contributed by atoms with Crippen LogP contribution >= 0.6 is 0 Å². The van der Waals surface area contributed by atoms with E-state index >= 15 is 0 Å². The standard InChI is InChI=1S/C24H26N4O4S/c1-27(33(30,31)32)21-13-14-28(16-21)20-10-7-18(8-11-20)24(29)26-23-15-19(9-12-22(23)25)17-5-3-2-4-6-17/h2-12,15,21H,13-14,16,25H2,1H3,(H,26,29)(H,30,31,32)/t21-/m0/s1. The Balaban J connectivity index is 1.44. The normalized spacial score (nSPS) is 16.2. The summed E-state index contributed by atoms with van der Waals surface area (Å²) in [7, 11) is -2.85. The maximum absolute atomic E-state index is 12.8. The Morgan fingerprint density at radius 1 is 1.06 bits per heavy atom. The van der Waals surface area contributed by atoms with Crippen LogP contribution in [0.4, 0.5) is 17.1 Å². The van der Waals surface area contributed by atoms with Gasteiger partial charge in [-0.3, -0.25) is 9.35 Å². The molecule has 8 nitrogen and oxygen atoms in total. The van der Waals surface area contributed by atoms with Gasteiger partial charge in [-0.1, -0.05) is 36.4 Å². The van der Waals surface area contributed by atoms with Crippen LogP contribution in [0.5, 0.6) is 0 Å². The van der Waals surface area contributed by atoms with Gasteiger partial charge in [-0.2, -0.15) is 12.7 Å². The first-order valence-corrected chi connectivity index (χ1v) is 11.9. The minimum absolute atomic E-state index is 0.274. The SMILES string of the molecule is CN([C@H]1CCN(c2ccc(C(=O)Nc3cc(-c4ccccc4)ccc3N)cc2)C1)S(=O)(=O)O. The largest absolute Gasteiger partial charge is 0.397 e. The van der Waals surface area contributed by atoms with Gasteiger partial charge in [0.05, 0.1) is 11.4 Å². The van der Waals surface area contributed by atoms with Gasteiger partial charge in [0, 0.05) is 37.4 Å². The predicted molar refractivity (Wildman–Crippen MR) is 131 cm³/mol. The Labute approximate surface area is 193 Å². The molecule has 9 heteroatoms. The van der Waals surface area contributed by atoms with Gasteiger partial charge < -0.3 is 16.0 Å². The maximum atomic E-state index is 12.8. The fourth-order valence-corrected chi connectivity index (χ4v) is 4.50. The summed E-state index contributed by atoms with van der Waals surface area (Å²) in [6, 6.07) is 22.2. The average Bonchev–Trinajstić information content (AvgIpc) is 3.30. The van der Waals surface area contributed by atoms with E-state index in [-0.39, 0.29) is 11.9 Å². The highest BCUT2D eigenvalue weighted by atomic mass is 32.2. The molecule has 1 fully saturated rings. The number of nitrogens with zero attached hydrogens (tertiary/aromatic N) is 2. The summed E-state index contributed by atoms with van der Waals surface area (Å²) in [5, 5.41) is 2.89. The van der Waals surface area contributed by atoms with Crippen LogP contribution in [0.3, 0.4) is 0 Å². The predicted octanol–water partition coefficient (Wildman–Crippen LogP) is 3.50. The molecular weight excluding hydrogens is 440 g/mol. The molecule has 3 aromatic rings. The van der Waals surface area contributed by atoms with Gasteiger partial charge in [0.15, 0.2) is 0 Å². The van der Waals surface area contributed by atoms with E-state index in [1.54, 1.807) is 18.2 Å². The van der Waals surface area contributed by atoms with Gasteiger partial charge in [0.25, 0.3) is 5.91 Å². The second kappa shape index (κ2) is 9.22. The summed E-state index contributed by atoms with van der Waals surface area (Å²) in [5.74, 6) is -0.274. The first-order valence-electron chi connectivity index (χ1n) is 10.5. The van der Waals surface area contributed by atoms with E-state index in [1.807, 2.05) is 59.5 Å². The van der Waals surface area contributed by atoms with Crippen molar-refractivity contribution in [1.82, 2.24) is 4.31 Å². The Hall–Kier alpha value is -3.40. The second-order valence-corrected chi connectivity index (χ2v) is 9.52. The van der Waals surface area contributed by atoms with Gasteiger partial charge in [0.2, 0.25) is 0 Å². The van der Waals surface area contributed by atoms with Crippen molar-refractivity contribution in [3.8, 4) is 11.1 Å². The lowest BCUT2D eigenvalue weighted by molar-refractivity contribution is 0.102. The fraction of sp³-hybridized carbons (Fsp3) is 0.208. The number of anilines is 3. The molecule has 0 aliphatic carbocycles. The van der Waals surface area contributed by atoms with Crippen LogP contribution in [0.25, 0.3) is 11.1 Å². The number of carbonyl (C=O) groups is 1. The third-order valence-electron chi connectivity index (χ3n) is 5.94. The molecular formula is C24H26N4O4S. The smallest absolute Gasteiger partial charge is 0.335 e. The van der Waals surface area contributed by atoms with Crippen LogP contribution in [-0.2, 0) is 10.3 Å². The summed E-state index contributed by atoms with van der Waals surface area (Å²) in [4.78, 5) is 14.8. The molecule has 4 rings (SSSR count). The van der Waals surface area contributed by atoms with E-state index in [4.69, 9.17) is 5.73 Å². The number of nitrogen functional groups attached to an aromatic ring is 1. The molecule has 1 atom stereocenters. The Morgan fingerprint density at radius 3 is 2.42 bits per heavy atom. The fourth-order valence-electron chi connectivity index (χ4n) is 3.95. The highest BCUT2D eigenvalue weighted by Crippen LogP contribution is 2.28. The second-order valence-electron chi connectivity index (χ2n) is 8.05. The molecule has 3 aromatic carbocycles. The minimum Gasteiger partial charge on any atom is -0.397 e. The van der Waals surface area contributed by atoms with E-state index < -0.39 is 10.3 Å². The van der Waals surface area contributed by atoms with Crippen LogP contribution in [0, 0.1) is 0 Å². The summed E-state index contributed by atoms with van der Waals surface area (Å²) < 4.78 is 33.0. The molecule has 33 heavy (non-hydrogen) atoms. The van der Waals surface area contributed by atoms with Crippen molar-refractivity contribution in [3.05, 3.63) is 78.4 Å². The molecule has 172 valence electrons. The highest BCUT2D eigenvalue weighted by molar-refractivity contribution is 7.83. The first kappa shape index (κ1) is 22.8. The van der Waals surface area contributed by atoms with E-state index in [9.17, 15) is 17.8 Å². The zero-order valence-electron chi connectivity index (χ0n) is 18.2. The molecule has 0 radical (unpaired) electrons. The van der Waals surface area contributed by atoms with Gasteiger partial charge in [-0.15, -0.1) is 0 Å². The molecule has 4 N–H and O–H groups in total. The molecule has 1 amide bonds. The zero-order valence-corrected chi connectivity index (χ0v) is 19.0. The number of likely N-dealkylation sites (N-methyl/N-ethyl adjacent to an activating group) is 1. The molecule has 0 aromatic heterocycles. The molecule has 0 unspecified atom stereocenters. The van der Waals surface area contributed by atoms with Crippen molar-refractivity contribution in [3.63, 3.8) is 0 Å². The molecule has 0 saturated carbocycles. The number of benzene rings is 3. The van der Waals surface area contributed by atoms with Gasteiger partial charge in [-0.05, 0) is 53.9 Å². The third kappa shape index (κ3) is 5.16. The summed E-state index contributed by atoms with van der Waals surface area (Å²) >= 11 is 0. The Kier molecular flexibility index (Phi) is 6.37. The summed E-state index contributed by atoms with van der Waals surface area (Å²) in [6.07, 6.45) is 0.607. The van der Waals surface area contributed by atoms with Gasteiger partial charge in [-0.25, -0.2) is 0 Å². The monoisotopic (exact) mass is 466 g/mol. The number of nitrogens with one attached hydrogen (secondary N) is 1. The van der Waals surface area contributed by atoms with Crippen molar-refractivity contribution in [2.24, 2.45) is 0 Å². The van der Waals surface area contributed by atoms with E-state index in [2.05, 4.69) is 5.32 Å². The number of rotatable bonds is 6. The molecule has 1 heterocycles. The summed E-state index contributed by atoms with van der Waals surface area (Å²) in [5.41, 5.74) is 10.4. The number of hydrogen-bond acceptors (Lipinski definition) is 5. The van der Waals surface area contributed by atoms with Crippen molar-refractivity contribution in [2.45, 2.75) is 12.5 Å². The topological polar surface area (TPSA) is 116 Å². The van der Waals surface area contributed by atoms with Crippen LogP contribution < -0.4 is 16.0 Å². The molecule has 1 saturated heterocycles. The van der Waals surface area contributed by atoms with Gasteiger partial charge >= 0.3 is 10.3 Å². The average molecular weight is 467 g/mol. The van der Waals surface area contributed by atoms with E-state index in [0.717, 1.165) is 21.1 Å². The maximum Gasteiger partial charge on any atom is 0.335 e. The Morgan fingerprint density at radius 2 is 1.76 bits per heavy atom. The van der Waals surface area contributed by atoms with Crippen LogP contribution in [-0.4, -0.2) is 49.4 Å². The molecule has 1 aliphatic heterocycles. The first-order chi connectivity index (χ1) is 15.7. The molecule has 0 bridgehead atoms. The van der Waals surface area contributed by atoms with Crippen molar-refractivity contribution in [2.75, 3.05) is 36.1 Å². The quantitative estimate of drug-likeness (QED) is 0.378. The zero-order chi connectivity index (χ0) is 23.6. The lowest BCUT2D eigenvalue weighted by Crippen LogP contribution is -2.38. The van der Waals surface area contributed by atoms with Crippen LogP contribution in [0.2, 0.25) is 0 Å². The lowest BCUT2D eigenvalue weighted by atomic mass is 10.0. The molecule has 1 aliphatic rings. The number of carbonyl (C=O) groups excluding carboxylic acids is 1. The number of amides is 1. The number of nitrogens with two attached hydrogens (primary N) is 1. The van der Waals surface area contributed by atoms with Crippen LogP contribution in [0.15, 0.2) is 72.8 Å². The van der Waals surface area contributed by atoms with Crippen molar-refractivity contribution >= 4 is 33.3 Å². The van der Waals surface area contributed by atoms with Crippen molar-refractivity contribution in [1.29, 1.82) is 0 Å². The van der Waals surface area contributed by atoms with E-state index in [1.165, 1.54) is 7.05 Å². The molecule has 0 spiro atoms. The highest BCUT2D eigenvalue weighted by Gasteiger charge is 2.31. The summed E-state index contributed by atoms with van der Waals surface area (Å²) in [6.45, 7) is 1.11. The minimum atomic E-state index is -4.22. The lowest BCUT2D eigenvalue weighted by Gasteiger charge is -2.22. The van der Waals surface area contributed by atoms with E-state index in [0.29, 0.717) is 36.4 Å². The third-order valence-corrected chi connectivity index (χ3v) is 6.97. The van der Waals surface area contributed by atoms with Gasteiger partial charge in [0.1, 0.15) is 0 Å².